The first-order valence-electron chi connectivity index (χ1n) is 8.55. The van der Waals surface area contributed by atoms with E-state index in [-0.39, 0.29) is 11.7 Å². The van der Waals surface area contributed by atoms with Gasteiger partial charge in [0.05, 0.1) is 22.2 Å². The lowest BCUT2D eigenvalue weighted by molar-refractivity contribution is -0.122. The van der Waals surface area contributed by atoms with Crippen LogP contribution in [0.2, 0.25) is 5.02 Å². The van der Waals surface area contributed by atoms with Crippen LogP contribution in [0.15, 0.2) is 50.8 Å². The number of hydrogen-bond acceptors (Lipinski definition) is 5. The number of carbonyl (C=O) groups is 1. The first kappa shape index (κ1) is 20.8. The maximum Gasteiger partial charge on any atom is 0.266 e. The molecule has 1 aliphatic heterocycles. The van der Waals surface area contributed by atoms with Crippen LogP contribution in [-0.2, 0) is 4.79 Å². The first-order valence-corrected chi connectivity index (χ1v) is 10.5. The number of carbonyl (C=O) groups excluding carboxylic acids is 1. The predicted molar refractivity (Wildman–Crippen MR) is 118 cm³/mol. The van der Waals surface area contributed by atoms with Crippen molar-refractivity contribution < 1.29 is 14.6 Å². The molecule has 2 aromatic carbocycles. The molecular formula is C20H18BrClN2O3S. The van der Waals surface area contributed by atoms with Gasteiger partial charge in [0.2, 0.25) is 0 Å². The minimum absolute atomic E-state index is 0.0210. The van der Waals surface area contributed by atoms with Crippen LogP contribution in [0.1, 0.15) is 18.9 Å². The maximum absolute atomic E-state index is 12.9. The summed E-state index contributed by atoms with van der Waals surface area (Å²) in [6, 6.07) is 10.6. The van der Waals surface area contributed by atoms with E-state index in [0.29, 0.717) is 31.9 Å². The molecule has 1 amide bonds. The second kappa shape index (κ2) is 9.03. The van der Waals surface area contributed by atoms with Gasteiger partial charge >= 0.3 is 0 Å². The molecule has 1 aliphatic rings. The number of hydrogen-bond donors (Lipinski definition) is 1. The molecular weight excluding hydrogens is 464 g/mol. The highest BCUT2D eigenvalue weighted by Crippen LogP contribution is 2.38. The van der Waals surface area contributed by atoms with Crippen molar-refractivity contribution in [3.8, 4) is 11.5 Å². The van der Waals surface area contributed by atoms with Crippen molar-refractivity contribution in [1.29, 1.82) is 0 Å². The van der Waals surface area contributed by atoms with Crippen LogP contribution in [0.4, 0.5) is 5.69 Å². The molecule has 0 aliphatic carbocycles. The predicted octanol–water partition coefficient (Wildman–Crippen LogP) is 5.83. The van der Waals surface area contributed by atoms with E-state index in [4.69, 9.17) is 16.3 Å². The highest BCUT2D eigenvalue weighted by Gasteiger charge is 2.32. The fourth-order valence-corrected chi connectivity index (χ4v) is 4.23. The highest BCUT2D eigenvalue weighted by molar-refractivity contribution is 9.10. The van der Waals surface area contributed by atoms with Gasteiger partial charge in [-0.1, -0.05) is 18.5 Å². The molecule has 2 aromatic rings. The number of aliphatic imine (C=N–C) groups is 1. The minimum atomic E-state index is -0.0947. The molecule has 0 aromatic heterocycles. The summed E-state index contributed by atoms with van der Waals surface area (Å²) in [7, 11) is 1.48. The number of amidine groups is 1. The smallest absolute Gasteiger partial charge is 0.266 e. The van der Waals surface area contributed by atoms with Crippen LogP contribution in [0.3, 0.4) is 0 Å². The second-order valence-corrected chi connectivity index (χ2v) is 8.29. The molecule has 0 unspecified atom stereocenters. The van der Waals surface area contributed by atoms with Gasteiger partial charge in [0.15, 0.2) is 16.7 Å². The first-order chi connectivity index (χ1) is 13.4. The van der Waals surface area contributed by atoms with E-state index in [9.17, 15) is 9.90 Å². The summed E-state index contributed by atoms with van der Waals surface area (Å²) in [6.07, 6.45) is 2.59. The van der Waals surface area contributed by atoms with Crippen molar-refractivity contribution in [1.82, 2.24) is 4.90 Å². The fourth-order valence-electron chi connectivity index (χ4n) is 2.62. The molecule has 8 heteroatoms. The molecule has 0 spiro atoms. The Bertz CT molecular complexity index is 961. The van der Waals surface area contributed by atoms with Crippen molar-refractivity contribution in [2.24, 2.45) is 4.99 Å². The number of halogens is 2. The van der Waals surface area contributed by atoms with Crippen LogP contribution in [0.5, 0.6) is 11.5 Å². The largest absolute Gasteiger partial charge is 0.503 e. The lowest BCUT2D eigenvalue weighted by atomic mass is 10.2. The van der Waals surface area contributed by atoms with E-state index in [1.165, 1.54) is 18.9 Å². The quantitative estimate of drug-likeness (QED) is 0.546. The highest BCUT2D eigenvalue weighted by atomic mass is 79.9. The Hall–Kier alpha value is -1.96. The average molecular weight is 482 g/mol. The topological polar surface area (TPSA) is 62.1 Å². The Balaban J connectivity index is 1.97. The van der Waals surface area contributed by atoms with E-state index in [1.807, 2.05) is 19.1 Å². The fraction of sp³-hybridized carbons (Fsp3) is 0.200. The number of phenols is 1. The summed E-state index contributed by atoms with van der Waals surface area (Å²) in [5.41, 5.74) is 1.47. The third kappa shape index (κ3) is 4.54. The van der Waals surface area contributed by atoms with Gasteiger partial charge in [-0.2, -0.15) is 0 Å². The Morgan fingerprint density at radius 1 is 1.32 bits per heavy atom. The number of rotatable bonds is 5. The van der Waals surface area contributed by atoms with Crippen molar-refractivity contribution in [3.05, 3.63) is 56.4 Å². The van der Waals surface area contributed by atoms with Crippen LogP contribution in [-0.4, -0.2) is 34.7 Å². The van der Waals surface area contributed by atoms with Crippen molar-refractivity contribution in [2.75, 3.05) is 13.7 Å². The van der Waals surface area contributed by atoms with Gasteiger partial charge in [-0.3, -0.25) is 9.69 Å². The Labute approximate surface area is 181 Å². The van der Waals surface area contributed by atoms with E-state index in [2.05, 4.69) is 20.9 Å². The molecule has 0 saturated carbocycles. The average Bonchev–Trinajstić information content (AvgIpc) is 2.95. The standard InChI is InChI=1S/C20H18BrClN2O3S/c1-3-8-24-19(26)17(11-12-9-15(21)18(25)16(10-12)27-2)28-20(24)23-14-6-4-13(22)5-7-14/h4-7,9-11,25H,3,8H2,1-2H3/b17-11-,23-20?. The molecule has 1 fully saturated rings. The Morgan fingerprint density at radius 2 is 2.04 bits per heavy atom. The summed E-state index contributed by atoms with van der Waals surface area (Å²) in [4.78, 5) is 19.8. The van der Waals surface area contributed by atoms with E-state index >= 15 is 0 Å². The normalized spacial score (nSPS) is 17.0. The molecule has 5 nitrogen and oxygen atoms in total. The van der Waals surface area contributed by atoms with Gasteiger partial charge in [0.25, 0.3) is 5.91 Å². The zero-order valence-electron chi connectivity index (χ0n) is 15.3. The number of amides is 1. The third-order valence-electron chi connectivity index (χ3n) is 3.96. The molecule has 3 rings (SSSR count). The van der Waals surface area contributed by atoms with Gasteiger partial charge in [0, 0.05) is 11.6 Å². The second-order valence-electron chi connectivity index (χ2n) is 5.99. The minimum Gasteiger partial charge on any atom is -0.503 e. The number of aromatic hydroxyl groups is 1. The Morgan fingerprint density at radius 3 is 2.68 bits per heavy atom. The molecule has 0 atom stereocenters. The van der Waals surface area contributed by atoms with Crippen LogP contribution in [0.25, 0.3) is 6.08 Å². The van der Waals surface area contributed by atoms with E-state index in [0.717, 1.165) is 17.7 Å². The van der Waals surface area contributed by atoms with Gasteiger partial charge in [-0.25, -0.2) is 4.99 Å². The number of nitrogens with zero attached hydrogens (tertiary/aromatic N) is 2. The van der Waals surface area contributed by atoms with Crippen LogP contribution in [0, 0.1) is 0 Å². The van der Waals surface area contributed by atoms with Crippen molar-refractivity contribution in [2.45, 2.75) is 13.3 Å². The molecule has 146 valence electrons. The summed E-state index contributed by atoms with van der Waals surface area (Å²) in [5.74, 6) is 0.257. The number of methoxy groups -OCH3 is 1. The van der Waals surface area contributed by atoms with Crippen LogP contribution < -0.4 is 4.74 Å². The molecule has 28 heavy (non-hydrogen) atoms. The molecule has 1 N–H and O–H groups in total. The van der Waals surface area contributed by atoms with Gasteiger partial charge in [-0.15, -0.1) is 0 Å². The lowest BCUT2D eigenvalue weighted by Crippen LogP contribution is -2.29. The molecule has 0 radical (unpaired) electrons. The van der Waals surface area contributed by atoms with Crippen molar-refractivity contribution in [3.63, 3.8) is 0 Å². The van der Waals surface area contributed by atoms with Crippen LogP contribution >= 0.6 is 39.3 Å². The molecule has 1 saturated heterocycles. The number of thioether (sulfide) groups is 1. The zero-order valence-corrected chi connectivity index (χ0v) is 18.4. The SMILES string of the molecule is CCCN1C(=O)/C(=C/c2cc(Br)c(O)c(OC)c2)SC1=Nc1ccc(Cl)cc1. The van der Waals surface area contributed by atoms with E-state index < -0.39 is 0 Å². The number of phenolic OH excluding ortho intramolecular Hbond substituents is 1. The maximum atomic E-state index is 12.9. The summed E-state index contributed by atoms with van der Waals surface area (Å²) < 4.78 is 5.68. The van der Waals surface area contributed by atoms with Gasteiger partial charge < -0.3 is 9.84 Å². The van der Waals surface area contributed by atoms with E-state index in [1.54, 1.807) is 35.2 Å². The lowest BCUT2D eigenvalue weighted by Gasteiger charge is -2.13. The van der Waals surface area contributed by atoms with Crippen molar-refractivity contribution >= 4 is 62.1 Å². The third-order valence-corrected chi connectivity index (χ3v) is 5.82. The van der Waals surface area contributed by atoms with Gasteiger partial charge in [-0.05, 0) is 82.2 Å². The summed E-state index contributed by atoms with van der Waals surface area (Å²) in [6.45, 7) is 2.60. The van der Waals surface area contributed by atoms with Gasteiger partial charge in [0.1, 0.15) is 0 Å². The molecule has 1 heterocycles. The summed E-state index contributed by atoms with van der Waals surface area (Å²) in [5, 5.41) is 11.2. The summed E-state index contributed by atoms with van der Waals surface area (Å²) >= 11 is 10.6. The number of ether oxygens (including phenoxy) is 1. The molecule has 0 bridgehead atoms. The monoisotopic (exact) mass is 480 g/mol. The number of benzene rings is 2. The zero-order chi connectivity index (χ0) is 20.3. The Kier molecular flexibility index (Phi) is 6.69.